The van der Waals surface area contributed by atoms with Gasteiger partial charge in [0.15, 0.2) is 0 Å². The largest absolute Gasteiger partial charge is 0.454 e. The summed E-state index contributed by atoms with van der Waals surface area (Å²) < 4.78 is 32.5. The minimum Gasteiger partial charge on any atom is -0.454 e. The molecular weight excluding hydrogens is 404 g/mol. The lowest BCUT2D eigenvalue weighted by Gasteiger charge is -2.15. The molecule has 0 spiro atoms. The molecule has 1 atom stereocenters. The van der Waals surface area contributed by atoms with Gasteiger partial charge in [-0.15, -0.1) is 0 Å². The van der Waals surface area contributed by atoms with Gasteiger partial charge in [0.05, 0.1) is 28.4 Å². The molecule has 0 fully saturated rings. The van der Waals surface area contributed by atoms with Crippen LogP contribution in [0.15, 0.2) is 66.2 Å². The minimum absolute atomic E-state index is 0.193. The number of pyridine rings is 1. The second-order valence-electron chi connectivity index (χ2n) is 6.91. The van der Waals surface area contributed by atoms with E-state index in [4.69, 9.17) is 4.74 Å². The van der Waals surface area contributed by atoms with E-state index >= 15 is 0 Å². The average molecular weight is 424 g/mol. The number of nitrogens with one attached hydrogen (secondary N) is 1. The van der Waals surface area contributed by atoms with Crippen molar-refractivity contribution in [2.75, 3.05) is 0 Å². The summed E-state index contributed by atoms with van der Waals surface area (Å²) in [6.45, 7) is 3.75. The number of rotatable bonds is 6. The molecule has 30 heavy (non-hydrogen) atoms. The molecule has 3 heterocycles. The molecule has 0 bridgehead atoms. The molecular formula is C21H20N4O4S. The lowest BCUT2D eigenvalue weighted by molar-refractivity contribution is 0.0290. The quantitative estimate of drug-likeness (QED) is 0.474. The smallest absolute Gasteiger partial charge is 0.341 e. The van der Waals surface area contributed by atoms with Gasteiger partial charge in [-0.2, -0.15) is 5.10 Å². The number of nitrogens with zero attached hydrogens (tertiary/aromatic N) is 3. The van der Waals surface area contributed by atoms with Crippen LogP contribution in [0, 0.1) is 6.92 Å². The van der Waals surface area contributed by atoms with E-state index in [1.54, 1.807) is 42.7 Å². The van der Waals surface area contributed by atoms with Gasteiger partial charge in [-0.3, -0.25) is 10.1 Å². The van der Waals surface area contributed by atoms with Crippen molar-refractivity contribution in [3.63, 3.8) is 0 Å². The first-order chi connectivity index (χ1) is 14.4. The van der Waals surface area contributed by atoms with Crippen molar-refractivity contribution in [1.82, 2.24) is 19.2 Å². The number of H-pyrrole nitrogens is 1. The maximum Gasteiger partial charge on any atom is 0.341 e. The van der Waals surface area contributed by atoms with Crippen LogP contribution in [0.5, 0.6) is 0 Å². The SMILES string of the molecule is CCC(OC(=O)c1cncc2[nH]ncc12)c1ccn(S(=O)(=O)c2ccc(C)cc2)c1. The first-order valence-electron chi connectivity index (χ1n) is 9.38. The standard InChI is InChI=1S/C21H20N4O4S/c1-3-20(29-21(26)18-10-22-12-19-17(18)11-23-24-19)15-8-9-25(13-15)30(27,28)16-6-4-14(2)5-7-16/h4-13,20H,3H2,1-2H3,(H,23,24). The zero-order chi connectivity index (χ0) is 21.3. The van der Waals surface area contributed by atoms with Crippen LogP contribution < -0.4 is 0 Å². The Morgan fingerprint density at radius 3 is 2.67 bits per heavy atom. The average Bonchev–Trinajstić information content (AvgIpc) is 3.42. The summed E-state index contributed by atoms with van der Waals surface area (Å²) in [6, 6.07) is 8.28. The third kappa shape index (κ3) is 3.59. The van der Waals surface area contributed by atoms with Gasteiger partial charge < -0.3 is 4.74 Å². The van der Waals surface area contributed by atoms with E-state index < -0.39 is 22.1 Å². The maximum absolute atomic E-state index is 12.9. The van der Waals surface area contributed by atoms with Gasteiger partial charge in [0.2, 0.25) is 0 Å². The van der Waals surface area contributed by atoms with Gasteiger partial charge in [-0.05, 0) is 31.5 Å². The minimum atomic E-state index is -3.72. The molecule has 3 aromatic heterocycles. The second-order valence-corrected chi connectivity index (χ2v) is 8.76. The second kappa shape index (κ2) is 7.75. The summed E-state index contributed by atoms with van der Waals surface area (Å²) in [4.78, 5) is 17.0. The predicted molar refractivity (Wildman–Crippen MR) is 111 cm³/mol. The fourth-order valence-electron chi connectivity index (χ4n) is 3.17. The van der Waals surface area contributed by atoms with Crippen molar-refractivity contribution in [3.05, 3.63) is 78.0 Å². The van der Waals surface area contributed by atoms with Crippen LogP contribution in [0.25, 0.3) is 10.9 Å². The van der Waals surface area contributed by atoms with Gasteiger partial charge >= 0.3 is 5.97 Å². The van der Waals surface area contributed by atoms with Gasteiger partial charge in [0.25, 0.3) is 10.0 Å². The van der Waals surface area contributed by atoms with Crippen molar-refractivity contribution in [2.24, 2.45) is 0 Å². The number of fused-ring (bicyclic) bond motifs is 1. The highest BCUT2D eigenvalue weighted by atomic mass is 32.2. The number of benzene rings is 1. The van der Waals surface area contributed by atoms with Crippen LogP contribution in [0.3, 0.4) is 0 Å². The highest BCUT2D eigenvalue weighted by molar-refractivity contribution is 7.90. The number of aromatic nitrogens is 4. The molecule has 0 radical (unpaired) electrons. The Bertz CT molecular complexity index is 1310. The molecule has 4 rings (SSSR count). The van der Waals surface area contributed by atoms with E-state index in [0.717, 1.165) is 9.54 Å². The van der Waals surface area contributed by atoms with E-state index in [1.165, 1.54) is 18.6 Å². The van der Waals surface area contributed by atoms with E-state index in [-0.39, 0.29) is 4.90 Å². The third-order valence-corrected chi connectivity index (χ3v) is 6.51. The summed E-state index contributed by atoms with van der Waals surface area (Å²) in [7, 11) is -3.72. The van der Waals surface area contributed by atoms with Gasteiger partial charge in [-0.25, -0.2) is 17.2 Å². The number of aromatic amines is 1. The molecule has 1 N–H and O–H groups in total. The van der Waals surface area contributed by atoms with E-state index in [0.29, 0.717) is 28.5 Å². The summed E-state index contributed by atoms with van der Waals surface area (Å²) >= 11 is 0. The Hall–Kier alpha value is -3.46. The lowest BCUT2D eigenvalue weighted by atomic mass is 10.1. The zero-order valence-corrected chi connectivity index (χ0v) is 17.3. The Labute approximate surface area is 173 Å². The van der Waals surface area contributed by atoms with Gasteiger partial charge in [0, 0.05) is 29.5 Å². The maximum atomic E-state index is 12.9. The number of hydrogen-bond acceptors (Lipinski definition) is 6. The highest BCUT2D eigenvalue weighted by Crippen LogP contribution is 2.26. The Balaban J connectivity index is 1.59. The molecule has 9 heteroatoms. The highest BCUT2D eigenvalue weighted by Gasteiger charge is 2.23. The first kappa shape index (κ1) is 19.8. The van der Waals surface area contributed by atoms with Crippen molar-refractivity contribution in [1.29, 1.82) is 0 Å². The Kier molecular flexibility index (Phi) is 5.13. The van der Waals surface area contributed by atoms with Gasteiger partial charge in [-0.1, -0.05) is 24.6 Å². The molecule has 0 aliphatic rings. The number of ether oxygens (including phenoxy) is 1. The summed E-state index contributed by atoms with van der Waals surface area (Å²) in [5.74, 6) is -0.546. The van der Waals surface area contributed by atoms with Crippen LogP contribution in [0.2, 0.25) is 0 Å². The summed E-state index contributed by atoms with van der Waals surface area (Å²) in [6.07, 6.45) is 7.36. The molecule has 1 aromatic carbocycles. The molecule has 4 aromatic rings. The summed E-state index contributed by atoms with van der Waals surface area (Å²) in [5, 5.41) is 7.30. The molecule has 0 saturated heterocycles. The molecule has 1 unspecified atom stereocenters. The van der Waals surface area contributed by atoms with E-state index in [9.17, 15) is 13.2 Å². The molecule has 0 aliphatic heterocycles. The van der Waals surface area contributed by atoms with Crippen LogP contribution in [-0.4, -0.2) is 33.5 Å². The van der Waals surface area contributed by atoms with Crippen molar-refractivity contribution < 1.29 is 17.9 Å². The third-order valence-electron chi connectivity index (χ3n) is 4.86. The number of esters is 1. The number of carbonyl (C=O) groups is 1. The molecule has 154 valence electrons. The number of aryl methyl sites for hydroxylation is 1. The van der Waals surface area contributed by atoms with E-state index in [2.05, 4.69) is 15.2 Å². The zero-order valence-electron chi connectivity index (χ0n) is 16.4. The van der Waals surface area contributed by atoms with Crippen LogP contribution in [0.4, 0.5) is 0 Å². The molecule has 0 amide bonds. The first-order valence-corrected chi connectivity index (χ1v) is 10.8. The fraction of sp³-hybridized carbons (Fsp3) is 0.190. The number of carbonyl (C=O) groups excluding carboxylic acids is 1. The van der Waals surface area contributed by atoms with Crippen LogP contribution in [-0.2, 0) is 14.8 Å². The van der Waals surface area contributed by atoms with Crippen molar-refractivity contribution >= 4 is 26.9 Å². The number of hydrogen-bond donors (Lipinski definition) is 1. The fourth-order valence-corrected chi connectivity index (χ4v) is 4.38. The van der Waals surface area contributed by atoms with Crippen LogP contribution >= 0.6 is 0 Å². The summed E-state index contributed by atoms with van der Waals surface area (Å²) in [5.41, 5.74) is 2.50. The normalized spacial score (nSPS) is 12.7. The topological polar surface area (TPSA) is 107 Å². The molecule has 0 saturated carbocycles. The van der Waals surface area contributed by atoms with Gasteiger partial charge in [0.1, 0.15) is 6.10 Å². The van der Waals surface area contributed by atoms with Crippen LogP contribution in [0.1, 0.15) is 40.9 Å². The van der Waals surface area contributed by atoms with Crippen molar-refractivity contribution in [2.45, 2.75) is 31.3 Å². The molecule has 0 aliphatic carbocycles. The van der Waals surface area contributed by atoms with E-state index in [1.807, 2.05) is 13.8 Å². The Morgan fingerprint density at radius 1 is 1.17 bits per heavy atom. The monoisotopic (exact) mass is 424 g/mol. The Morgan fingerprint density at radius 2 is 1.93 bits per heavy atom. The predicted octanol–water partition coefficient (Wildman–Crippen LogP) is 3.61. The lowest BCUT2D eigenvalue weighted by Crippen LogP contribution is -2.13. The molecule has 8 nitrogen and oxygen atoms in total. The van der Waals surface area contributed by atoms with Crippen molar-refractivity contribution in [3.8, 4) is 0 Å².